The topological polar surface area (TPSA) is 170 Å². The van der Waals surface area contributed by atoms with E-state index in [1.54, 1.807) is 56.4 Å². The van der Waals surface area contributed by atoms with Gasteiger partial charge in [-0.1, -0.05) is 0 Å². The molecule has 0 radical (unpaired) electrons. The number of pyridine rings is 2. The number of nitrogens with one attached hydrogen (secondary N) is 1. The van der Waals surface area contributed by atoms with Gasteiger partial charge in [-0.25, -0.2) is 0 Å². The van der Waals surface area contributed by atoms with Crippen LogP contribution in [-0.4, -0.2) is 106 Å². The zero-order valence-electron chi connectivity index (χ0n) is 33.3. The highest BCUT2D eigenvalue weighted by atomic mass is 16.5. The van der Waals surface area contributed by atoms with Crippen molar-refractivity contribution < 1.29 is 38.2 Å². The summed E-state index contributed by atoms with van der Waals surface area (Å²) in [6.45, 7) is 3.62. The first-order valence-corrected chi connectivity index (χ1v) is 20.2. The standard InChI is InChI=1S/C44H46N6O9/c1-47-22-33(29-9-11-45-19-32(29)41(47)54)26-14-36(57-2)34(37(15-26)58-3)23-48-20-25(21-48)13-39(52)49-12-4-10-44(24-49)17-28(18-44)59-27-5-6-30-31(16-27)43(56)50(42(30)55)35-7-8-38(51)46-40(35)53/h5-6,9,11,14-16,19,22,25,28,35H,4,7-8,10,12-13,17-18,20-21,23-24H2,1-3H3,(H,46,51,53)/t28?,35-,44?/m1/s1. The van der Waals surface area contributed by atoms with Crippen molar-refractivity contribution in [2.45, 2.75) is 63.6 Å². The molecule has 1 atom stereocenters. The van der Waals surface area contributed by atoms with Gasteiger partial charge in [-0.15, -0.1) is 0 Å². The Morgan fingerprint density at radius 1 is 0.932 bits per heavy atom. The number of fused-ring (bicyclic) bond motifs is 2. The van der Waals surface area contributed by atoms with Crippen molar-refractivity contribution in [3.05, 3.63) is 82.0 Å². The van der Waals surface area contributed by atoms with Gasteiger partial charge in [0, 0.05) is 76.8 Å². The molecular formula is C44H46N6O9. The number of methoxy groups -OCH3 is 2. The van der Waals surface area contributed by atoms with Crippen molar-refractivity contribution in [2.24, 2.45) is 18.4 Å². The van der Waals surface area contributed by atoms with Gasteiger partial charge in [0.15, 0.2) is 0 Å². The number of imide groups is 2. The second kappa shape index (κ2) is 14.9. The Morgan fingerprint density at radius 3 is 2.41 bits per heavy atom. The number of hydrogen-bond acceptors (Lipinski definition) is 11. The number of aromatic nitrogens is 2. The third kappa shape index (κ3) is 6.90. The Morgan fingerprint density at radius 2 is 1.68 bits per heavy atom. The molecule has 4 aromatic rings. The summed E-state index contributed by atoms with van der Waals surface area (Å²) in [5.41, 5.74) is 2.95. The fourth-order valence-electron chi connectivity index (χ4n) is 9.83. The smallest absolute Gasteiger partial charge is 0.262 e. The number of piperidine rings is 2. The molecule has 15 nitrogen and oxygen atoms in total. The van der Waals surface area contributed by atoms with Gasteiger partial charge in [0.05, 0.1) is 42.4 Å². The molecule has 2 aromatic carbocycles. The fraction of sp³-hybridized carbons (Fsp3) is 0.432. The van der Waals surface area contributed by atoms with Gasteiger partial charge in [-0.3, -0.25) is 48.9 Å². The van der Waals surface area contributed by atoms with Crippen LogP contribution in [0.25, 0.3) is 21.9 Å². The quantitative estimate of drug-likeness (QED) is 0.232. The maximum atomic E-state index is 13.6. The van der Waals surface area contributed by atoms with Crippen LogP contribution in [0.2, 0.25) is 0 Å². The van der Waals surface area contributed by atoms with Crippen LogP contribution in [0.4, 0.5) is 0 Å². The first kappa shape index (κ1) is 38.4. The zero-order chi connectivity index (χ0) is 41.2. The number of nitrogens with zero attached hydrogens (tertiary/aromatic N) is 5. The largest absolute Gasteiger partial charge is 0.496 e. The Hall–Kier alpha value is -6.09. The maximum Gasteiger partial charge on any atom is 0.262 e. The summed E-state index contributed by atoms with van der Waals surface area (Å²) in [6.07, 6.45) is 9.20. The number of ether oxygens (including phenoxy) is 3. The molecule has 306 valence electrons. The van der Waals surface area contributed by atoms with Gasteiger partial charge in [-0.05, 0) is 90.8 Å². The number of carbonyl (C=O) groups is 5. The third-order valence-corrected chi connectivity index (χ3v) is 12.8. The van der Waals surface area contributed by atoms with E-state index in [-0.39, 0.29) is 52.9 Å². The number of aryl methyl sites for hydroxylation is 1. The molecule has 4 aliphatic heterocycles. The van der Waals surface area contributed by atoms with E-state index in [1.807, 2.05) is 29.3 Å². The van der Waals surface area contributed by atoms with Gasteiger partial charge >= 0.3 is 0 Å². The van der Waals surface area contributed by atoms with E-state index in [9.17, 15) is 28.8 Å². The predicted octanol–water partition coefficient (Wildman–Crippen LogP) is 3.69. The molecule has 3 saturated heterocycles. The van der Waals surface area contributed by atoms with Crippen LogP contribution in [0.1, 0.15) is 71.2 Å². The summed E-state index contributed by atoms with van der Waals surface area (Å²) in [5.74, 6) is 0.115. The number of amides is 5. The lowest BCUT2D eigenvalue weighted by Crippen LogP contribution is -2.56. The first-order chi connectivity index (χ1) is 28.4. The van der Waals surface area contributed by atoms with Crippen LogP contribution < -0.4 is 25.1 Å². The Balaban J connectivity index is 0.781. The average molecular weight is 803 g/mol. The lowest BCUT2D eigenvalue weighted by atomic mass is 9.62. The highest BCUT2D eigenvalue weighted by Crippen LogP contribution is 2.49. The second-order valence-electron chi connectivity index (χ2n) is 16.7. The predicted molar refractivity (Wildman–Crippen MR) is 214 cm³/mol. The zero-order valence-corrected chi connectivity index (χ0v) is 33.3. The summed E-state index contributed by atoms with van der Waals surface area (Å²) < 4.78 is 19.6. The number of benzene rings is 2. The van der Waals surface area contributed by atoms with Gasteiger partial charge in [-0.2, -0.15) is 0 Å². The lowest BCUT2D eigenvalue weighted by molar-refractivity contribution is -0.142. The maximum absolute atomic E-state index is 13.6. The first-order valence-electron chi connectivity index (χ1n) is 20.2. The third-order valence-electron chi connectivity index (χ3n) is 12.8. The van der Waals surface area contributed by atoms with Gasteiger partial charge in [0.1, 0.15) is 23.3 Å². The molecule has 1 saturated carbocycles. The minimum absolute atomic E-state index is 0.00777. The molecule has 15 heteroatoms. The molecule has 9 rings (SSSR count). The van der Waals surface area contributed by atoms with Gasteiger partial charge < -0.3 is 23.7 Å². The van der Waals surface area contributed by atoms with Crippen LogP contribution in [0.5, 0.6) is 17.2 Å². The van der Waals surface area contributed by atoms with E-state index in [0.29, 0.717) is 42.1 Å². The van der Waals surface area contributed by atoms with E-state index in [4.69, 9.17) is 14.2 Å². The summed E-state index contributed by atoms with van der Waals surface area (Å²) in [5, 5.41) is 3.56. The molecule has 1 aliphatic carbocycles. The summed E-state index contributed by atoms with van der Waals surface area (Å²) in [4.78, 5) is 86.3. The molecule has 1 spiro atoms. The summed E-state index contributed by atoms with van der Waals surface area (Å²) in [6, 6.07) is 9.60. The van der Waals surface area contributed by atoms with Crippen LogP contribution >= 0.6 is 0 Å². The average Bonchev–Trinajstić information content (AvgIpc) is 3.45. The number of rotatable bonds is 10. The second-order valence-corrected chi connectivity index (χ2v) is 16.7. The van der Waals surface area contributed by atoms with E-state index in [2.05, 4.69) is 15.2 Å². The van der Waals surface area contributed by atoms with Crippen LogP contribution in [0.15, 0.2) is 59.8 Å². The fourth-order valence-corrected chi connectivity index (χ4v) is 9.83. The molecule has 6 heterocycles. The molecular weight excluding hydrogens is 757 g/mol. The van der Waals surface area contributed by atoms with Crippen LogP contribution in [-0.2, 0) is 28.0 Å². The minimum atomic E-state index is -1.02. The van der Waals surface area contributed by atoms with E-state index < -0.39 is 29.7 Å². The Bertz CT molecular complexity index is 2460. The molecule has 0 unspecified atom stereocenters. The van der Waals surface area contributed by atoms with Crippen LogP contribution in [0, 0.1) is 11.3 Å². The van der Waals surface area contributed by atoms with Crippen molar-refractivity contribution in [3.8, 4) is 28.4 Å². The van der Waals surface area contributed by atoms with Crippen molar-refractivity contribution in [1.82, 2.24) is 29.6 Å². The highest BCUT2D eigenvalue weighted by molar-refractivity contribution is 6.23. The Labute approximate surface area is 340 Å². The van der Waals surface area contributed by atoms with E-state index in [1.165, 1.54) is 0 Å². The Kier molecular flexibility index (Phi) is 9.73. The number of hydrogen-bond donors (Lipinski definition) is 1. The van der Waals surface area contributed by atoms with E-state index in [0.717, 1.165) is 72.3 Å². The van der Waals surface area contributed by atoms with Crippen LogP contribution in [0.3, 0.4) is 0 Å². The molecule has 4 fully saturated rings. The summed E-state index contributed by atoms with van der Waals surface area (Å²) in [7, 11) is 5.01. The molecule has 1 N–H and O–H groups in total. The monoisotopic (exact) mass is 802 g/mol. The highest BCUT2D eigenvalue weighted by Gasteiger charge is 2.49. The number of carbonyl (C=O) groups excluding carboxylic acids is 5. The normalized spacial score (nSPS) is 23.2. The molecule has 5 aliphatic rings. The molecule has 2 aromatic heterocycles. The van der Waals surface area contributed by atoms with Crippen molar-refractivity contribution >= 4 is 40.3 Å². The number of likely N-dealkylation sites (tertiary alicyclic amines) is 2. The SMILES string of the molecule is COc1cc(-c2cn(C)c(=O)c3cnccc23)cc(OC)c1CN1CC(CC(=O)N2CCCC3(CC(Oc4ccc5c(c4)C(=O)N([C@@H]4CCC(=O)NC4=O)C5=O)C3)C2)C1. The van der Waals surface area contributed by atoms with Crippen molar-refractivity contribution in [1.29, 1.82) is 0 Å². The lowest BCUT2D eigenvalue weighted by Gasteiger charge is -2.52. The van der Waals surface area contributed by atoms with E-state index >= 15 is 0 Å². The molecule has 59 heavy (non-hydrogen) atoms. The van der Waals surface area contributed by atoms with Crippen molar-refractivity contribution in [3.63, 3.8) is 0 Å². The molecule has 5 amide bonds. The molecule has 0 bridgehead atoms. The minimum Gasteiger partial charge on any atom is -0.496 e. The summed E-state index contributed by atoms with van der Waals surface area (Å²) >= 11 is 0. The van der Waals surface area contributed by atoms with Gasteiger partial charge in [0.25, 0.3) is 17.4 Å². The van der Waals surface area contributed by atoms with Gasteiger partial charge in [0.2, 0.25) is 17.7 Å². The van der Waals surface area contributed by atoms with Crippen molar-refractivity contribution in [2.75, 3.05) is 40.4 Å².